The fourth-order valence-corrected chi connectivity index (χ4v) is 1.88. The summed E-state index contributed by atoms with van der Waals surface area (Å²) in [5.74, 6) is 0.583. The minimum absolute atomic E-state index is 0.0743. The van der Waals surface area contributed by atoms with Crippen LogP contribution in [-0.4, -0.2) is 13.1 Å². The highest BCUT2D eigenvalue weighted by molar-refractivity contribution is 5.69. The zero-order valence-electron chi connectivity index (χ0n) is 11.3. The summed E-state index contributed by atoms with van der Waals surface area (Å²) in [6.45, 7) is 4.48. The van der Waals surface area contributed by atoms with E-state index in [1.807, 2.05) is 0 Å². The molecule has 0 saturated carbocycles. The van der Waals surface area contributed by atoms with Crippen molar-refractivity contribution in [1.29, 1.82) is 0 Å². The molecule has 0 aromatic heterocycles. The number of hydrogen-bond donors (Lipinski definition) is 0. The third-order valence-corrected chi connectivity index (χ3v) is 3.12. The summed E-state index contributed by atoms with van der Waals surface area (Å²) in [6, 6.07) is 0. The number of rotatable bonds is 10. The topological polar surface area (TPSA) is 26.3 Å². The van der Waals surface area contributed by atoms with Crippen LogP contribution in [0.4, 0.5) is 0 Å². The molecule has 0 heterocycles. The smallest absolute Gasteiger partial charge is 0.305 e. The lowest BCUT2D eigenvalue weighted by Gasteiger charge is -2.09. The summed E-state index contributed by atoms with van der Waals surface area (Å²) < 4.78 is 4.63. The maximum Gasteiger partial charge on any atom is 0.305 e. The van der Waals surface area contributed by atoms with Crippen molar-refractivity contribution < 1.29 is 9.53 Å². The fraction of sp³-hybridized carbons (Fsp3) is 0.929. The number of unbranched alkanes of at least 4 members (excludes halogenated alkanes) is 5. The molecule has 2 nitrogen and oxygen atoms in total. The Kier molecular flexibility index (Phi) is 10.6. The number of esters is 1. The molecule has 1 atom stereocenters. The molecule has 16 heavy (non-hydrogen) atoms. The Morgan fingerprint density at radius 2 is 1.69 bits per heavy atom. The van der Waals surface area contributed by atoms with Crippen LogP contribution in [0, 0.1) is 5.92 Å². The summed E-state index contributed by atoms with van der Waals surface area (Å²) in [6.07, 6.45) is 10.9. The predicted molar refractivity (Wildman–Crippen MR) is 68.4 cm³/mol. The van der Waals surface area contributed by atoms with Gasteiger partial charge < -0.3 is 4.74 Å². The van der Waals surface area contributed by atoms with Crippen LogP contribution in [0.5, 0.6) is 0 Å². The van der Waals surface area contributed by atoms with Crippen LogP contribution in [0.3, 0.4) is 0 Å². The third-order valence-electron chi connectivity index (χ3n) is 3.12. The second kappa shape index (κ2) is 11.0. The van der Waals surface area contributed by atoms with E-state index in [9.17, 15) is 4.79 Å². The van der Waals surface area contributed by atoms with Crippen LogP contribution in [0.25, 0.3) is 0 Å². The highest BCUT2D eigenvalue weighted by atomic mass is 16.5. The van der Waals surface area contributed by atoms with Crippen molar-refractivity contribution in [2.24, 2.45) is 5.92 Å². The Balaban J connectivity index is 3.23. The second-order valence-electron chi connectivity index (χ2n) is 4.78. The van der Waals surface area contributed by atoms with Crippen molar-refractivity contribution in [3.05, 3.63) is 0 Å². The first kappa shape index (κ1) is 15.5. The van der Waals surface area contributed by atoms with E-state index in [0.717, 1.165) is 6.42 Å². The second-order valence-corrected chi connectivity index (χ2v) is 4.78. The molecule has 0 N–H and O–H groups in total. The lowest BCUT2D eigenvalue weighted by atomic mass is 9.97. The maximum absolute atomic E-state index is 10.9. The molecular weight excluding hydrogens is 200 g/mol. The number of ether oxygens (including phenoxy) is 1. The first-order valence-electron chi connectivity index (χ1n) is 6.77. The fourth-order valence-electron chi connectivity index (χ4n) is 1.88. The van der Waals surface area contributed by atoms with Gasteiger partial charge in [0.2, 0.25) is 0 Å². The van der Waals surface area contributed by atoms with E-state index in [1.54, 1.807) is 0 Å². The van der Waals surface area contributed by atoms with Gasteiger partial charge in [-0.25, -0.2) is 0 Å². The lowest BCUT2D eigenvalue weighted by molar-refractivity contribution is -0.140. The minimum atomic E-state index is -0.0743. The Morgan fingerprint density at radius 1 is 1.06 bits per heavy atom. The van der Waals surface area contributed by atoms with Crippen molar-refractivity contribution in [2.75, 3.05) is 7.11 Å². The summed E-state index contributed by atoms with van der Waals surface area (Å²) in [5, 5.41) is 0. The Labute approximate surface area is 101 Å². The SMILES string of the molecule is CCCCCCCC[C@H](C)CCC(=O)OC. The van der Waals surface area contributed by atoms with Gasteiger partial charge in [0.25, 0.3) is 0 Å². The third kappa shape index (κ3) is 10.0. The minimum Gasteiger partial charge on any atom is -0.469 e. The van der Waals surface area contributed by atoms with E-state index in [0.29, 0.717) is 12.3 Å². The molecule has 0 fully saturated rings. The van der Waals surface area contributed by atoms with Crippen LogP contribution in [0.2, 0.25) is 0 Å². The average Bonchev–Trinajstić information content (AvgIpc) is 2.30. The van der Waals surface area contributed by atoms with Crippen molar-refractivity contribution in [3.63, 3.8) is 0 Å². The van der Waals surface area contributed by atoms with Crippen LogP contribution in [0.1, 0.15) is 71.6 Å². The van der Waals surface area contributed by atoms with E-state index < -0.39 is 0 Å². The van der Waals surface area contributed by atoms with Gasteiger partial charge in [-0.1, -0.05) is 58.8 Å². The van der Waals surface area contributed by atoms with Gasteiger partial charge in [0.15, 0.2) is 0 Å². The van der Waals surface area contributed by atoms with Crippen molar-refractivity contribution in [3.8, 4) is 0 Å². The monoisotopic (exact) mass is 228 g/mol. The predicted octanol–water partition coefficient (Wildman–Crippen LogP) is 4.33. The molecule has 2 heteroatoms. The molecule has 0 saturated heterocycles. The van der Waals surface area contributed by atoms with Gasteiger partial charge in [-0.2, -0.15) is 0 Å². The summed E-state index contributed by atoms with van der Waals surface area (Å²) in [5.41, 5.74) is 0. The quantitative estimate of drug-likeness (QED) is 0.411. The van der Waals surface area contributed by atoms with Crippen LogP contribution < -0.4 is 0 Å². The molecular formula is C14H28O2. The largest absolute Gasteiger partial charge is 0.469 e. The zero-order valence-corrected chi connectivity index (χ0v) is 11.3. The molecule has 0 spiro atoms. The van der Waals surface area contributed by atoms with Gasteiger partial charge in [0.1, 0.15) is 0 Å². The van der Waals surface area contributed by atoms with E-state index in [2.05, 4.69) is 18.6 Å². The number of carbonyl (C=O) groups is 1. The number of hydrogen-bond acceptors (Lipinski definition) is 2. The van der Waals surface area contributed by atoms with Crippen molar-refractivity contribution in [2.45, 2.75) is 71.6 Å². The van der Waals surface area contributed by atoms with Crippen molar-refractivity contribution >= 4 is 5.97 Å². The van der Waals surface area contributed by atoms with Gasteiger partial charge in [-0.3, -0.25) is 4.79 Å². The van der Waals surface area contributed by atoms with Crippen LogP contribution in [-0.2, 0) is 9.53 Å². The molecule has 0 aromatic carbocycles. The Hall–Kier alpha value is -0.530. The van der Waals surface area contributed by atoms with E-state index in [-0.39, 0.29) is 5.97 Å². The molecule has 0 rings (SSSR count). The van der Waals surface area contributed by atoms with Gasteiger partial charge in [0, 0.05) is 6.42 Å². The molecule has 0 unspecified atom stereocenters. The van der Waals surface area contributed by atoms with E-state index in [4.69, 9.17) is 0 Å². The molecule has 0 radical (unpaired) electrons. The highest BCUT2D eigenvalue weighted by Gasteiger charge is 2.06. The first-order chi connectivity index (χ1) is 7.70. The average molecular weight is 228 g/mol. The van der Waals surface area contributed by atoms with Crippen LogP contribution >= 0.6 is 0 Å². The molecule has 96 valence electrons. The molecule has 0 amide bonds. The standard InChI is InChI=1S/C14H28O2/c1-4-5-6-7-8-9-10-13(2)11-12-14(15)16-3/h13H,4-12H2,1-3H3/t13-/m0/s1. The maximum atomic E-state index is 10.9. The zero-order chi connectivity index (χ0) is 12.2. The van der Waals surface area contributed by atoms with Gasteiger partial charge >= 0.3 is 5.97 Å². The molecule has 0 aromatic rings. The summed E-state index contributed by atoms with van der Waals surface area (Å²) in [4.78, 5) is 10.9. The molecule has 0 aliphatic heterocycles. The highest BCUT2D eigenvalue weighted by Crippen LogP contribution is 2.16. The van der Waals surface area contributed by atoms with E-state index >= 15 is 0 Å². The normalized spacial score (nSPS) is 12.4. The van der Waals surface area contributed by atoms with Gasteiger partial charge in [-0.05, 0) is 12.3 Å². The van der Waals surface area contributed by atoms with Crippen LogP contribution in [0.15, 0.2) is 0 Å². The summed E-state index contributed by atoms with van der Waals surface area (Å²) >= 11 is 0. The van der Waals surface area contributed by atoms with Gasteiger partial charge in [0.05, 0.1) is 7.11 Å². The molecule has 0 aliphatic rings. The first-order valence-corrected chi connectivity index (χ1v) is 6.77. The molecule has 0 aliphatic carbocycles. The Bertz CT molecular complexity index is 166. The van der Waals surface area contributed by atoms with Gasteiger partial charge in [-0.15, -0.1) is 0 Å². The number of methoxy groups -OCH3 is 1. The van der Waals surface area contributed by atoms with Crippen molar-refractivity contribution in [1.82, 2.24) is 0 Å². The lowest BCUT2D eigenvalue weighted by Crippen LogP contribution is -2.04. The number of carbonyl (C=O) groups excluding carboxylic acids is 1. The van der Waals surface area contributed by atoms with E-state index in [1.165, 1.54) is 52.1 Å². The Morgan fingerprint density at radius 3 is 2.31 bits per heavy atom. The summed E-state index contributed by atoms with van der Waals surface area (Å²) in [7, 11) is 1.46. The molecule has 0 bridgehead atoms.